The van der Waals surface area contributed by atoms with Crippen molar-refractivity contribution in [2.75, 3.05) is 161 Å². The first-order valence-corrected chi connectivity index (χ1v) is 46.9. The molecule has 8 heterocycles. The maximum absolute atomic E-state index is 14.4. The molecule has 11 aromatic rings. The van der Waals surface area contributed by atoms with Gasteiger partial charge < -0.3 is 69.8 Å². The van der Waals surface area contributed by atoms with E-state index in [-0.39, 0.29) is 53.4 Å². The number of piperazine rings is 3. The molecule has 9 aromatic carbocycles. The van der Waals surface area contributed by atoms with E-state index in [2.05, 4.69) is 149 Å². The quantitative estimate of drug-likeness (QED) is 0.0124. The second kappa shape index (κ2) is 45.1. The normalized spacial score (nSPS) is 16.3. The molecule has 30 nitrogen and oxygen atoms in total. The number of fused-ring (bicyclic) bond motifs is 3. The van der Waals surface area contributed by atoms with Gasteiger partial charge in [0.25, 0.3) is 41.4 Å². The number of rotatable bonds is 35. The number of anilines is 4. The van der Waals surface area contributed by atoms with Crippen molar-refractivity contribution in [2.24, 2.45) is 23.5 Å². The zero-order valence-electron chi connectivity index (χ0n) is 79.6. The number of nitrogens with zero attached hydrogens (tertiary/aromatic N) is 13. The second-order valence-electron chi connectivity index (χ2n) is 34.8. The molecule has 6 atom stereocenters. The average Bonchev–Trinajstić information content (AvgIpc) is 1.60. The lowest BCUT2D eigenvalue weighted by Crippen LogP contribution is -2.47. The van der Waals surface area contributed by atoms with Crippen molar-refractivity contribution in [3.8, 4) is 34.5 Å². The number of amides is 7. The minimum Gasteiger partial charge on any atom is -0.493 e. The molecule has 0 unspecified atom stereocenters. The van der Waals surface area contributed by atoms with Crippen LogP contribution in [0.5, 0.6) is 34.5 Å². The molecular formula is C107H123N17O13. The summed E-state index contributed by atoms with van der Waals surface area (Å²) in [7, 11) is 11.2. The van der Waals surface area contributed by atoms with Gasteiger partial charge in [-0.25, -0.2) is 9.97 Å². The van der Waals surface area contributed by atoms with Crippen LogP contribution in [0.15, 0.2) is 242 Å². The van der Waals surface area contributed by atoms with Crippen LogP contribution < -0.4 is 65.2 Å². The van der Waals surface area contributed by atoms with E-state index in [1.807, 2.05) is 116 Å². The third kappa shape index (κ3) is 21.5. The number of ether oxygens (including phenoxy) is 6. The maximum Gasteiger partial charge on any atom is 0.267 e. The zero-order chi connectivity index (χ0) is 96.3. The van der Waals surface area contributed by atoms with Gasteiger partial charge in [-0.2, -0.15) is 0 Å². The first kappa shape index (κ1) is 96.9. The van der Waals surface area contributed by atoms with Crippen LogP contribution in [0.1, 0.15) is 202 Å². The molecule has 714 valence electrons. The topological polar surface area (TPSA) is 323 Å². The summed E-state index contributed by atoms with van der Waals surface area (Å²) in [5, 5.41) is 6.20. The van der Waals surface area contributed by atoms with E-state index in [0.717, 1.165) is 112 Å². The summed E-state index contributed by atoms with van der Waals surface area (Å²) in [6.45, 7) is 17.7. The predicted octanol–water partition coefficient (Wildman–Crippen LogP) is 15.1. The predicted molar refractivity (Wildman–Crippen MR) is 530 cm³/mol. The average molecular weight is 1860 g/mol. The lowest BCUT2D eigenvalue weighted by molar-refractivity contribution is 0.0556. The first-order chi connectivity index (χ1) is 66.6. The maximum atomic E-state index is 14.4. The molecule has 3 fully saturated rings. The molecule has 0 spiro atoms. The number of aliphatic imine (C=N–C) groups is 1. The van der Waals surface area contributed by atoms with Crippen LogP contribution in [0.4, 0.5) is 23.0 Å². The lowest BCUT2D eigenvalue weighted by atomic mass is 9.99. The van der Waals surface area contributed by atoms with Gasteiger partial charge in [-0.05, 0) is 184 Å². The highest BCUT2D eigenvalue weighted by Crippen LogP contribution is 2.46. The minimum absolute atomic E-state index is 0.00583. The fourth-order valence-corrected chi connectivity index (χ4v) is 19.6. The Morgan fingerprint density at radius 2 is 0.708 bits per heavy atom. The monoisotopic (exact) mass is 1850 g/mol. The SMILES string of the molecule is COc1ccc([C@@H](CCCN=C(N)N)N2C(=O)c3cccc(N4CCN([C@H](C)c5ccccc5)CC4)c3C2=O)cc1OC.COc1ccc([C@@H](CCCNC(=O)c2cccn2C)N2C(=O)c3cccc(N4CCN([C@H](C)c5ccccc5)CC4)c3C2=O)cc1OC.COc1ccc([C@@H](CCCNc2ncccn2)N2C(=O)c3cccc(N4CCN([C@H](C)c5ccccc5)CC4)c3C2=O)cc1OC. The van der Waals surface area contributed by atoms with Crippen LogP contribution in [0.2, 0.25) is 0 Å². The van der Waals surface area contributed by atoms with Crippen LogP contribution >= 0.6 is 0 Å². The van der Waals surface area contributed by atoms with Crippen LogP contribution in [0.25, 0.3) is 0 Å². The molecule has 6 N–H and O–H groups in total. The van der Waals surface area contributed by atoms with Crippen LogP contribution in [0.3, 0.4) is 0 Å². The summed E-state index contributed by atoms with van der Waals surface area (Å²) in [4.78, 5) is 129. The molecule has 0 radical (unpaired) electrons. The number of nitrogens with one attached hydrogen (secondary N) is 2. The number of guanidine groups is 1. The number of imide groups is 3. The van der Waals surface area contributed by atoms with E-state index in [1.165, 1.54) is 31.4 Å². The summed E-state index contributed by atoms with van der Waals surface area (Å²) in [6, 6.07) is 69.4. The fraction of sp³-hybridized carbons (Fsp3) is 0.346. The van der Waals surface area contributed by atoms with Gasteiger partial charge in [0.15, 0.2) is 40.5 Å². The van der Waals surface area contributed by atoms with Gasteiger partial charge >= 0.3 is 0 Å². The van der Waals surface area contributed by atoms with Crippen LogP contribution in [0, 0.1) is 0 Å². The summed E-state index contributed by atoms with van der Waals surface area (Å²) in [5.74, 6) is 1.87. The Kier molecular flexibility index (Phi) is 31.9. The molecule has 0 saturated carbocycles. The van der Waals surface area contributed by atoms with Crippen molar-refractivity contribution in [3.63, 3.8) is 0 Å². The van der Waals surface area contributed by atoms with Crippen molar-refractivity contribution in [3.05, 3.63) is 309 Å². The van der Waals surface area contributed by atoms with Gasteiger partial charge in [0.2, 0.25) is 5.95 Å². The summed E-state index contributed by atoms with van der Waals surface area (Å²) >= 11 is 0. The highest BCUT2D eigenvalue weighted by Gasteiger charge is 2.47. The Morgan fingerprint density at radius 3 is 1.03 bits per heavy atom. The smallest absolute Gasteiger partial charge is 0.267 e. The number of hydrogen-bond donors (Lipinski definition) is 4. The third-order valence-electron chi connectivity index (χ3n) is 27.1. The van der Waals surface area contributed by atoms with Gasteiger partial charge in [0, 0.05) is 142 Å². The van der Waals surface area contributed by atoms with Crippen LogP contribution in [-0.2, 0) is 7.05 Å². The van der Waals surface area contributed by atoms with E-state index >= 15 is 0 Å². The fourth-order valence-electron chi connectivity index (χ4n) is 19.6. The van der Waals surface area contributed by atoms with E-state index in [4.69, 9.17) is 39.9 Å². The number of aromatic nitrogens is 3. The highest BCUT2D eigenvalue weighted by atomic mass is 16.5. The molecule has 137 heavy (non-hydrogen) atoms. The van der Waals surface area contributed by atoms with Gasteiger partial charge in [-0.3, -0.25) is 68.0 Å². The van der Waals surface area contributed by atoms with E-state index in [0.29, 0.717) is 150 Å². The Balaban J connectivity index is 0.000000156. The van der Waals surface area contributed by atoms with Crippen molar-refractivity contribution in [1.82, 2.24) is 49.3 Å². The number of aryl methyl sites for hydroxylation is 1. The Morgan fingerprint density at radius 1 is 0.372 bits per heavy atom. The number of carbonyl (C=O) groups is 7. The largest absolute Gasteiger partial charge is 0.493 e. The molecule has 30 heteroatoms. The molecule has 7 amide bonds. The van der Waals surface area contributed by atoms with E-state index in [9.17, 15) is 33.6 Å². The molecule has 0 aliphatic carbocycles. The van der Waals surface area contributed by atoms with E-state index in [1.54, 1.807) is 102 Å². The van der Waals surface area contributed by atoms with Gasteiger partial charge in [0.05, 0.1) is 111 Å². The highest BCUT2D eigenvalue weighted by molar-refractivity contribution is 6.26. The molecular weight excluding hydrogens is 1730 g/mol. The van der Waals surface area contributed by atoms with Crippen molar-refractivity contribution < 1.29 is 62.0 Å². The van der Waals surface area contributed by atoms with Crippen LogP contribution in [-0.4, -0.2) is 232 Å². The Hall–Kier alpha value is -14.6. The molecule has 6 aliphatic rings. The van der Waals surface area contributed by atoms with Gasteiger partial charge in [0.1, 0.15) is 5.69 Å². The van der Waals surface area contributed by atoms with E-state index < -0.39 is 18.1 Å². The molecule has 2 aromatic heterocycles. The molecule has 6 aliphatic heterocycles. The summed E-state index contributed by atoms with van der Waals surface area (Å²) in [6.07, 6.45) is 8.41. The van der Waals surface area contributed by atoms with Crippen molar-refractivity contribution in [2.45, 2.75) is 95.5 Å². The number of hydrogen-bond acceptors (Lipinski definition) is 23. The lowest BCUT2D eigenvalue weighted by Gasteiger charge is -2.39. The summed E-state index contributed by atoms with van der Waals surface area (Å²) in [5.41, 5.74) is 22.9. The van der Waals surface area contributed by atoms with Crippen molar-refractivity contribution >= 4 is 70.3 Å². The van der Waals surface area contributed by atoms with Gasteiger partial charge in [-0.15, -0.1) is 0 Å². The molecule has 3 saturated heterocycles. The Labute approximate surface area is 801 Å². The summed E-state index contributed by atoms with van der Waals surface area (Å²) < 4.78 is 34.8. The number of carbonyl (C=O) groups excluding carboxylic acids is 7. The standard InChI is InChI=1S/C38H43N5O5.C36H40N6O4.C33H40N6O4/c1-26(27-11-6-5-7-12-27)41-21-23-42(24-22-41)31-14-8-13-29-35(31)38(46)43(37(29)45)30(28-17-18-33(47-3)34(25-28)48-4)15-9-19-39-36(44)32-16-10-20-40(32)2;1-25(26-10-5-4-6-11-26)40-20-22-41(23-21-40)30-13-7-12-28-33(30)35(44)42(34(28)43)29(14-8-17-37-36-38-18-9-19-39-36)27-15-16-31(45-2)32(24-27)46-3;1-22(23-9-5-4-6-10-23)37-17-19-38(20-18-37)27-12-7-11-25-30(27)32(41)39(31(25)40)26(13-8-16-36-33(34)35)24-14-15-28(42-2)29(21-24)43-3/h5-8,10-14,16-18,20,25-26,30H,9,15,19,21-24H2,1-4H3,(H,39,44);4-7,9-13,15-16,18-19,24-25,29H,8,14,17,20-23H2,1-3H3,(H,37,38,39);4-7,9-12,14-15,21-22,26H,8,13,16-20H2,1-3H3,(H4,34,35,36)/t26-,30-;25-,29-;22-,26-/m111/s1. The van der Waals surface area contributed by atoms with Gasteiger partial charge in [-0.1, -0.05) is 127 Å². The Bertz CT molecular complexity index is 6080. The number of benzene rings is 9. The minimum atomic E-state index is -0.583. The second-order valence-corrected chi connectivity index (χ2v) is 34.8. The third-order valence-corrected chi connectivity index (χ3v) is 27.1. The molecule has 17 rings (SSSR count). The van der Waals surface area contributed by atoms with Crippen molar-refractivity contribution in [1.29, 1.82) is 0 Å². The molecule has 0 bridgehead atoms. The zero-order valence-corrected chi connectivity index (χ0v) is 79.6. The first-order valence-electron chi connectivity index (χ1n) is 46.9. The number of methoxy groups -OCH3 is 6. The number of nitrogens with two attached hydrogens (primary N) is 2.